The number of ether oxygens (including phenoxy) is 1. The third kappa shape index (κ3) is 22.1. The molecule has 0 saturated heterocycles. The predicted octanol–water partition coefficient (Wildman–Crippen LogP) is 16.7. The van der Waals surface area contributed by atoms with Crippen LogP contribution in [0.25, 0.3) is 0 Å². The Morgan fingerprint density at radius 3 is 1.15 bits per heavy atom. The van der Waals surface area contributed by atoms with E-state index < -0.39 is 39.5 Å². The molecule has 0 rings (SSSR count). The van der Waals surface area contributed by atoms with Crippen molar-refractivity contribution in [3.63, 3.8) is 0 Å². The van der Waals surface area contributed by atoms with Crippen LogP contribution in [0.4, 0.5) is 0 Å². The molecule has 0 saturated carbocycles. The second-order valence-electron chi connectivity index (χ2n) is 14.1. The number of aliphatic carboxylic acids is 1. The second kappa shape index (κ2) is 30.9. The van der Waals surface area contributed by atoms with Crippen LogP contribution in [0.15, 0.2) is 0 Å². The van der Waals surface area contributed by atoms with Gasteiger partial charge in [0.2, 0.25) is 8.67 Å². The van der Waals surface area contributed by atoms with Crippen molar-refractivity contribution in [2.75, 3.05) is 7.11 Å². The molecule has 0 radical (unpaired) electrons. The Bertz CT molecular complexity index is 914. The molecule has 0 aromatic rings. The molecule has 1 N–H and O–H groups in total. The summed E-state index contributed by atoms with van der Waals surface area (Å²) >= 11 is 60.8. The summed E-state index contributed by atoms with van der Waals surface area (Å²) in [5, 5.41) is 8.37. The summed E-state index contributed by atoms with van der Waals surface area (Å²) in [5.41, 5.74) is 0. The Hall–Kier alpha value is 1.84. The number of hydrogen-bond donors (Lipinski definition) is 1. The van der Waals surface area contributed by atoms with Crippen molar-refractivity contribution in [1.29, 1.82) is 0 Å². The lowest BCUT2D eigenvalue weighted by atomic mass is 9.94. The van der Waals surface area contributed by atoms with Gasteiger partial charge in [0, 0.05) is 0 Å². The van der Waals surface area contributed by atoms with Crippen LogP contribution in [0.1, 0.15) is 188 Å². The van der Waals surface area contributed by atoms with Gasteiger partial charge in [-0.05, 0) is 19.8 Å². The maximum absolute atomic E-state index is 11.6. The number of esters is 1. The van der Waals surface area contributed by atoms with E-state index in [4.69, 9.17) is 121 Å². The monoisotopic (exact) mass is 936 g/mol. The van der Waals surface area contributed by atoms with Crippen LogP contribution >= 0.6 is 116 Å². The van der Waals surface area contributed by atoms with E-state index in [1.165, 1.54) is 123 Å². The first-order valence-corrected chi connectivity index (χ1v) is 23.2. The minimum Gasteiger partial charge on any atom is -0.479 e. The van der Waals surface area contributed by atoms with Crippen LogP contribution in [-0.2, 0) is 14.3 Å². The van der Waals surface area contributed by atoms with Crippen LogP contribution in [0.5, 0.6) is 0 Å². The van der Waals surface area contributed by atoms with Gasteiger partial charge in [-0.2, -0.15) is 0 Å². The lowest BCUT2D eigenvalue weighted by molar-refractivity contribution is -0.142. The highest BCUT2D eigenvalue weighted by molar-refractivity contribution is 6.71. The van der Waals surface area contributed by atoms with Crippen molar-refractivity contribution in [2.45, 2.75) is 215 Å². The van der Waals surface area contributed by atoms with Gasteiger partial charge in [-0.25, -0.2) is 9.59 Å². The summed E-state index contributed by atoms with van der Waals surface area (Å²) in [5.74, 6) is -2.42. The molecule has 14 heteroatoms. The number of carboxylic acid groups (broad SMARTS) is 1. The molecule has 0 aliphatic rings. The molecular weight excluding hydrogens is 875 g/mol. The number of methoxy groups -OCH3 is 1. The Kier molecular flexibility index (Phi) is 33.2. The standard InChI is InChI=1S/2C19H33Cl5O2/c1-3-4-5-6-7-8-9-10-11-12-13-14-15-17(2,20)19(23,24)18(21,22)16(25)26;1-3-4-5-6-7-8-9-10-11-12-13-14-15-16(20)18(21,22)19(23,24)17(25)26-2/h3-15H2,1-2H3,(H,25,26);16H,3-15H2,1-2H3. The van der Waals surface area contributed by atoms with E-state index in [1.54, 1.807) is 6.92 Å². The summed E-state index contributed by atoms with van der Waals surface area (Å²) in [6, 6.07) is 0. The molecule has 0 fully saturated rings. The van der Waals surface area contributed by atoms with Gasteiger partial charge in [0.1, 0.15) is 0 Å². The van der Waals surface area contributed by atoms with E-state index in [9.17, 15) is 9.59 Å². The highest BCUT2D eigenvalue weighted by atomic mass is 35.6. The minimum atomic E-state index is -2.37. The van der Waals surface area contributed by atoms with Gasteiger partial charge >= 0.3 is 11.9 Å². The van der Waals surface area contributed by atoms with Crippen molar-refractivity contribution < 1.29 is 19.4 Å². The molecule has 0 amide bonds. The maximum atomic E-state index is 11.6. The highest BCUT2D eigenvalue weighted by Crippen LogP contribution is 2.54. The molecule has 0 aromatic heterocycles. The molecule has 0 heterocycles. The van der Waals surface area contributed by atoms with E-state index in [1.807, 2.05) is 0 Å². The second-order valence-corrected chi connectivity index (χ2v) is 20.9. The summed E-state index contributed by atoms with van der Waals surface area (Å²) in [7, 11) is 1.17. The molecule has 2 unspecified atom stereocenters. The molecule has 312 valence electrons. The number of carbonyl (C=O) groups excluding carboxylic acids is 1. The fraction of sp³-hybridized carbons (Fsp3) is 0.947. The first-order valence-electron chi connectivity index (χ1n) is 19.4. The van der Waals surface area contributed by atoms with Crippen molar-refractivity contribution in [3.05, 3.63) is 0 Å². The van der Waals surface area contributed by atoms with Gasteiger partial charge < -0.3 is 9.84 Å². The van der Waals surface area contributed by atoms with Gasteiger partial charge in [-0.1, -0.05) is 261 Å². The average molecular weight is 941 g/mol. The zero-order valence-electron chi connectivity index (χ0n) is 31.9. The van der Waals surface area contributed by atoms with E-state index in [0.29, 0.717) is 12.8 Å². The minimum absolute atomic E-state index is 0.438. The van der Waals surface area contributed by atoms with Crippen molar-refractivity contribution in [2.24, 2.45) is 0 Å². The third-order valence-corrected chi connectivity index (χ3v) is 15.9. The lowest BCUT2D eigenvalue weighted by Gasteiger charge is -2.40. The Labute approximate surface area is 367 Å². The zero-order valence-corrected chi connectivity index (χ0v) is 39.5. The predicted molar refractivity (Wildman–Crippen MR) is 233 cm³/mol. The Balaban J connectivity index is 0. The van der Waals surface area contributed by atoms with Crippen molar-refractivity contribution in [1.82, 2.24) is 0 Å². The SMILES string of the molecule is CCCCCCCCCCCCCCC(C)(Cl)C(Cl)(Cl)C(Cl)(Cl)C(=O)O.CCCCCCCCCCCCCCC(Cl)C(Cl)(Cl)C(Cl)(Cl)C(=O)OC. The molecular formula is C38H66Cl10O4. The first kappa shape index (κ1) is 55.9. The molecule has 0 aliphatic heterocycles. The van der Waals surface area contributed by atoms with E-state index in [-0.39, 0.29) is 0 Å². The van der Waals surface area contributed by atoms with Crippen molar-refractivity contribution >= 4 is 128 Å². The number of hydrogen-bond acceptors (Lipinski definition) is 3. The van der Waals surface area contributed by atoms with Crippen LogP contribution in [0.3, 0.4) is 0 Å². The van der Waals surface area contributed by atoms with E-state index >= 15 is 0 Å². The van der Waals surface area contributed by atoms with Gasteiger partial charge in [-0.3, -0.25) is 0 Å². The Morgan fingerprint density at radius 1 is 0.538 bits per heavy atom. The summed E-state index contributed by atoms with van der Waals surface area (Å²) < 4.78 is -3.76. The summed E-state index contributed by atoms with van der Waals surface area (Å²) in [4.78, 5) is 21.6. The quantitative estimate of drug-likeness (QED) is 0.0415. The maximum Gasteiger partial charge on any atom is 0.345 e. The van der Waals surface area contributed by atoms with Crippen LogP contribution in [-0.4, -0.2) is 51.7 Å². The molecule has 0 aliphatic carbocycles. The van der Waals surface area contributed by atoms with Gasteiger partial charge in [0.15, 0.2) is 8.67 Å². The van der Waals surface area contributed by atoms with Gasteiger partial charge in [-0.15, -0.1) is 23.2 Å². The first-order chi connectivity index (χ1) is 24.2. The zero-order chi connectivity index (χ0) is 40.3. The lowest BCUT2D eigenvalue weighted by Crippen LogP contribution is -2.55. The Morgan fingerprint density at radius 2 is 0.846 bits per heavy atom. The molecule has 2 atom stereocenters. The molecule has 0 bridgehead atoms. The smallest absolute Gasteiger partial charge is 0.345 e. The molecule has 4 nitrogen and oxygen atoms in total. The van der Waals surface area contributed by atoms with Crippen LogP contribution in [0, 0.1) is 0 Å². The summed E-state index contributed by atoms with van der Waals surface area (Å²) in [6.07, 6.45) is 30.7. The number of rotatable bonds is 32. The topological polar surface area (TPSA) is 63.6 Å². The normalized spacial score (nSPS) is 14.3. The molecule has 0 spiro atoms. The number of carbonyl (C=O) groups is 2. The highest BCUT2D eigenvalue weighted by Gasteiger charge is 2.62. The number of carboxylic acids is 1. The third-order valence-electron chi connectivity index (χ3n) is 9.38. The summed E-state index contributed by atoms with van der Waals surface area (Å²) in [6.45, 7) is 6.06. The fourth-order valence-corrected chi connectivity index (χ4v) is 8.08. The largest absolute Gasteiger partial charge is 0.479 e. The average Bonchev–Trinajstić information content (AvgIpc) is 3.08. The fourth-order valence-electron chi connectivity index (χ4n) is 5.72. The van der Waals surface area contributed by atoms with Crippen LogP contribution in [0.2, 0.25) is 0 Å². The van der Waals surface area contributed by atoms with Gasteiger partial charge in [0.05, 0.1) is 17.4 Å². The molecule has 52 heavy (non-hydrogen) atoms. The number of unbranched alkanes of at least 4 members (excludes halogenated alkanes) is 22. The number of halogens is 10. The van der Waals surface area contributed by atoms with Gasteiger partial charge in [0.25, 0.3) is 0 Å². The molecule has 0 aromatic carbocycles. The van der Waals surface area contributed by atoms with E-state index in [0.717, 1.165) is 38.5 Å². The van der Waals surface area contributed by atoms with Crippen LogP contribution < -0.4 is 0 Å². The number of alkyl halides is 10. The van der Waals surface area contributed by atoms with Crippen molar-refractivity contribution in [3.8, 4) is 0 Å². The van der Waals surface area contributed by atoms with E-state index in [2.05, 4.69) is 18.6 Å².